The average molecular weight is 327 g/mol. The predicted molar refractivity (Wildman–Crippen MR) is 86.5 cm³/mol. The first kappa shape index (κ1) is 17.4. The maximum absolute atomic E-state index is 12.0. The lowest BCUT2D eigenvalue weighted by Crippen LogP contribution is -2.44. The number of hydrogen-bond donors (Lipinski definition) is 2. The van der Waals surface area contributed by atoms with Gasteiger partial charge in [0.05, 0.1) is 6.61 Å². The third-order valence-corrected chi connectivity index (χ3v) is 3.25. The van der Waals surface area contributed by atoms with E-state index in [9.17, 15) is 19.5 Å². The normalized spacial score (nSPS) is 11.4. The number of ether oxygens (including phenoxy) is 1. The monoisotopic (exact) mass is 327 g/mol. The molecule has 24 heavy (non-hydrogen) atoms. The van der Waals surface area contributed by atoms with Gasteiger partial charge in [-0.1, -0.05) is 48.5 Å². The van der Waals surface area contributed by atoms with Gasteiger partial charge in [-0.05, 0) is 12.1 Å². The molecule has 0 spiro atoms. The molecule has 2 N–H and O–H groups in total. The summed E-state index contributed by atoms with van der Waals surface area (Å²) in [6.45, 7) is -1.09. The smallest absolute Gasteiger partial charge is 0.331 e. The summed E-state index contributed by atoms with van der Waals surface area (Å²) in [4.78, 5) is 35.8. The van der Waals surface area contributed by atoms with Gasteiger partial charge in [-0.15, -0.1) is 0 Å². The lowest BCUT2D eigenvalue weighted by atomic mass is 10.1. The van der Waals surface area contributed by atoms with E-state index in [0.717, 1.165) is 0 Å². The highest BCUT2D eigenvalue weighted by molar-refractivity contribution is 5.99. The number of rotatable bonds is 7. The number of Topliss-reactive ketones (excluding diaryl/α,β-unsaturated/α-hetero) is 1. The summed E-state index contributed by atoms with van der Waals surface area (Å²) in [5.41, 5.74) is 0.767. The van der Waals surface area contributed by atoms with Crippen molar-refractivity contribution in [2.24, 2.45) is 0 Å². The lowest BCUT2D eigenvalue weighted by Gasteiger charge is -2.15. The van der Waals surface area contributed by atoms with Gasteiger partial charge in [-0.25, -0.2) is 4.79 Å². The molecule has 0 radical (unpaired) electrons. The Morgan fingerprint density at radius 3 is 2.00 bits per heavy atom. The van der Waals surface area contributed by atoms with Gasteiger partial charge in [-0.3, -0.25) is 9.59 Å². The molecule has 0 saturated carbocycles. The van der Waals surface area contributed by atoms with Gasteiger partial charge in [0.2, 0.25) is 0 Å². The fourth-order valence-corrected chi connectivity index (χ4v) is 1.95. The van der Waals surface area contributed by atoms with E-state index in [1.54, 1.807) is 60.7 Å². The fraction of sp³-hybridized carbons (Fsp3) is 0.167. The van der Waals surface area contributed by atoms with E-state index in [1.807, 2.05) is 0 Å². The minimum Gasteiger partial charge on any atom is -0.456 e. The Hall–Kier alpha value is -2.99. The standard InChI is InChI=1S/C18H17NO5/c20-11-15(19-17(22)14-9-5-2-6-10-14)18(23)24-12-16(21)13-7-3-1-4-8-13/h1-10,15,20H,11-12H2,(H,19,22). The number of benzene rings is 2. The second kappa shape index (κ2) is 8.59. The van der Waals surface area contributed by atoms with Crippen molar-refractivity contribution in [2.75, 3.05) is 13.2 Å². The highest BCUT2D eigenvalue weighted by atomic mass is 16.5. The van der Waals surface area contributed by atoms with Crippen molar-refractivity contribution in [3.8, 4) is 0 Å². The molecule has 0 bridgehead atoms. The Morgan fingerprint density at radius 2 is 1.46 bits per heavy atom. The van der Waals surface area contributed by atoms with Crippen molar-refractivity contribution in [2.45, 2.75) is 6.04 Å². The third-order valence-electron chi connectivity index (χ3n) is 3.25. The zero-order valence-electron chi connectivity index (χ0n) is 12.8. The molecule has 124 valence electrons. The molecule has 0 heterocycles. The van der Waals surface area contributed by atoms with Gasteiger partial charge in [0.25, 0.3) is 5.91 Å². The molecule has 1 amide bonds. The van der Waals surface area contributed by atoms with Crippen molar-refractivity contribution in [1.29, 1.82) is 0 Å². The highest BCUT2D eigenvalue weighted by Crippen LogP contribution is 2.02. The second-order valence-corrected chi connectivity index (χ2v) is 4.97. The Balaban J connectivity index is 1.89. The molecule has 0 aliphatic heterocycles. The molecule has 0 saturated heterocycles. The van der Waals surface area contributed by atoms with E-state index in [2.05, 4.69) is 5.32 Å². The van der Waals surface area contributed by atoms with Crippen LogP contribution in [0.15, 0.2) is 60.7 Å². The SMILES string of the molecule is O=C(COC(=O)C(CO)NC(=O)c1ccccc1)c1ccccc1. The van der Waals surface area contributed by atoms with E-state index in [4.69, 9.17) is 4.74 Å². The van der Waals surface area contributed by atoms with Gasteiger partial charge < -0.3 is 15.2 Å². The first-order chi connectivity index (χ1) is 11.6. The van der Waals surface area contributed by atoms with Crippen molar-refractivity contribution in [3.05, 3.63) is 71.8 Å². The van der Waals surface area contributed by atoms with Gasteiger partial charge >= 0.3 is 5.97 Å². The van der Waals surface area contributed by atoms with Crippen LogP contribution in [0.3, 0.4) is 0 Å². The van der Waals surface area contributed by atoms with Crippen LogP contribution in [0.5, 0.6) is 0 Å². The number of carbonyl (C=O) groups is 3. The topological polar surface area (TPSA) is 92.7 Å². The molecule has 1 atom stereocenters. The number of aliphatic hydroxyl groups is 1. The van der Waals surface area contributed by atoms with Crippen molar-refractivity contribution >= 4 is 17.7 Å². The largest absolute Gasteiger partial charge is 0.456 e. The number of carbonyl (C=O) groups excluding carboxylic acids is 3. The molecule has 2 rings (SSSR count). The summed E-state index contributed by atoms with van der Waals surface area (Å²) in [7, 11) is 0. The molecular weight excluding hydrogens is 310 g/mol. The quantitative estimate of drug-likeness (QED) is 0.589. The number of hydrogen-bond acceptors (Lipinski definition) is 5. The van der Waals surface area contributed by atoms with Gasteiger partial charge in [0.1, 0.15) is 0 Å². The van der Waals surface area contributed by atoms with Crippen LogP contribution in [0.2, 0.25) is 0 Å². The summed E-state index contributed by atoms with van der Waals surface area (Å²) in [6, 6.07) is 15.4. The van der Waals surface area contributed by atoms with Crippen molar-refractivity contribution in [3.63, 3.8) is 0 Å². The van der Waals surface area contributed by atoms with Crippen LogP contribution in [-0.4, -0.2) is 42.0 Å². The van der Waals surface area contributed by atoms with Crippen molar-refractivity contribution < 1.29 is 24.2 Å². The van der Waals surface area contributed by atoms with Crippen LogP contribution < -0.4 is 5.32 Å². The zero-order valence-corrected chi connectivity index (χ0v) is 12.8. The first-order valence-electron chi connectivity index (χ1n) is 7.33. The van der Waals surface area contributed by atoms with Gasteiger partial charge in [-0.2, -0.15) is 0 Å². The van der Waals surface area contributed by atoms with Crippen LogP contribution in [0, 0.1) is 0 Å². The fourth-order valence-electron chi connectivity index (χ4n) is 1.95. The van der Waals surface area contributed by atoms with Gasteiger partial charge in [0.15, 0.2) is 18.4 Å². The third kappa shape index (κ3) is 4.76. The molecular formula is C18H17NO5. The molecule has 2 aromatic carbocycles. The maximum Gasteiger partial charge on any atom is 0.331 e. The molecule has 1 unspecified atom stereocenters. The molecule has 2 aromatic rings. The van der Waals surface area contributed by atoms with Crippen LogP contribution >= 0.6 is 0 Å². The molecule has 0 aliphatic carbocycles. The molecule has 0 aliphatic rings. The number of esters is 1. The molecule has 0 aromatic heterocycles. The summed E-state index contributed by atoms with van der Waals surface area (Å²) >= 11 is 0. The number of nitrogens with one attached hydrogen (secondary N) is 1. The Kier molecular flexibility index (Phi) is 6.22. The number of ketones is 1. The Labute approximate surface area is 139 Å². The maximum atomic E-state index is 12.0. The lowest BCUT2D eigenvalue weighted by molar-refractivity contribution is -0.145. The molecule has 0 fully saturated rings. The number of amides is 1. The summed E-state index contributed by atoms with van der Waals surface area (Å²) < 4.78 is 4.88. The van der Waals surface area contributed by atoms with E-state index >= 15 is 0 Å². The first-order valence-corrected chi connectivity index (χ1v) is 7.33. The van der Waals surface area contributed by atoms with E-state index in [-0.39, 0.29) is 5.78 Å². The van der Waals surface area contributed by atoms with Crippen LogP contribution in [0.25, 0.3) is 0 Å². The predicted octanol–water partition coefficient (Wildman–Crippen LogP) is 1.20. The van der Waals surface area contributed by atoms with Crippen LogP contribution in [0.4, 0.5) is 0 Å². The van der Waals surface area contributed by atoms with E-state index < -0.39 is 31.1 Å². The average Bonchev–Trinajstić information content (AvgIpc) is 2.65. The number of aliphatic hydroxyl groups excluding tert-OH is 1. The van der Waals surface area contributed by atoms with Gasteiger partial charge in [0, 0.05) is 11.1 Å². The van der Waals surface area contributed by atoms with Crippen molar-refractivity contribution in [1.82, 2.24) is 5.32 Å². The Bertz CT molecular complexity index is 700. The summed E-state index contributed by atoms with van der Waals surface area (Å²) in [5.74, 6) is -1.75. The van der Waals surface area contributed by atoms with Crippen LogP contribution in [-0.2, 0) is 9.53 Å². The minimum absolute atomic E-state index is 0.351. The summed E-state index contributed by atoms with van der Waals surface area (Å²) in [5, 5.41) is 11.6. The second-order valence-electron chi connectivity index (χ2n) is 4.97. The van der Waals surface area contributed by atoms with E-state index in [1.165, 1.54) is 0 Å². The Morgan fingerprint density at radius 1 is 0.917 bits per heavy atom. The zero-order chi connectivity index (χ0) is 17.4. The summed E-state index contributed by atoms with van der Waals surface area (Å²) in [6.07, 6.45) is 0. The highest BCUT2D eigenvalue weighted by Gasteiger charge is 2.23. The molecule has 6 nitrogen and oxygen atoms in total. The van der Waals surface area contributed by atoms with E-state index in [0.29, 0.717) is 11.1 Å². The minimum atomic E-state index is -1.23. The van der Waals surface area contributed by atoms with Crippen LogP contribution in [0.1, 0.15) is 20.7 Å². The molecule has 6 heteroatoms.